The first kappa shape index (κ1) is 32.3. The van der Waals surface area contributed by atoms with Crippen molar-refractivity contribution < 1.29 is 29.0 Å². The molecule has 0 aromatic carbocycles. The predicted octanol–water partition coefficient (Wildman–Crippen LogP) is 4.36. The van der Waals surface area contributed by atoms with E-state index in [0.717, 1.165) is 6.42 Å². The van der Waals surface area contributed by atoms with Crippen LogP contribution in [-0.2, 0) is 23.9 Å². The van der Waals surface area contributed by atoms with Crippen molar-refractivity contribution in [3.63, 3.8) is 0 Å². The Hall–Kier alpha value is -2.19. The number of likely N-dealkylation sites (tertiary alicyclic amines) is 1. The molecule has 3 fully saturated rings. The van der Waals surface area contributed by atoms with Crippen molar-refractivity contribution in [2.45, 2.75) is 110 Å². The fraction of sp³-hybridized carbons (Fsp3) is 0.781. The Kier molecular flexibility index (Phi) is 9.08. The molecule has 226 valence electrons. The van der Waals surface area contributed by atoms with Crippen LogP contribution in [0.5, 0.6) is 0 Å². The largest absolute Gasteiger partial charge is 0.461 e. The standard InChI is InChI=1S/C32H52N2O6/c1-12-15-33(30(9,10)19-29(6,7)8)27(37)25-32-17-21(5)31(11,40-32)24(28(38)39-16-13-2)23(32)26(36)34(25)22(18-35)20(4)14-3/h12-13,20-25,35H,1-2,14-19H2,3-11H3/t20-,21?,22-,23-,24-,25?,31+,32?/m0/s1. The molecule has 8 atom stereocenters. The summed E-state index contributed by atoms with van der Waals surface area (Å²) < 4.78 is 12.3. The molecule has 3 unspecified atom stereocenters. The van der Waals surface area contributed by atoms with Crippen molar-refractivity contribution >= 4 is 17.8 Å². The summed E-state index contributed by atoms with van der Waals surface area (Å²) in [7, 11) is 0. The highest BCUT2D eigenvalue weighted by molar-refractivity contribution is 5.99. The highest BCUT2D eigenvalue weighted by Gasteiger charge is 2.81. The van der Waals surface area contributed by atoms with Gasteiger partial charge < -0.3 is 24.4 Å². The summed E-state index contributed by atoms with van der Waals surface area (Å²) in [5.41, 5.74) is -2.80. The van der Waals surface area contributed by atoms with Crippen LogP contribution in [0, 0.1) is 29.1 Å². The molecule has 0 aromatic rings. The summed E-state index contributed by atoms with van der Waals surface area (Å²) in [4.78, 5) is 46.4. The van der Waals surface area contributed by atoms with E-state index in [4.69, 9.17) is 9.47 Å². The summed E-state index contributed by atoms with van der Waals surface area (Å²) in [5, 5.41) is 10.6. The number of rotatable bonds is 12. The molecule has 2 bridgehead atoms. The molecule has 8 heteroatoms. The van der Waals surface area contributed by atoms with Gasteiger partial charge in [-0.3, -0.25) is 14.4 Å². The van der Waals surface area contributed by atoms with Crippen LogP contribution >= 0.6 is 0 Å². The van der Waals surface area contributed by atoms with Gasteiger partial charge in [-0.25, -0.2) is 0 Å². The lowest BCUT2D eigenvalue weighted by Gasteiger charge is -2.47. The molecular formula is C32H52N2O6. The van der Waals surface area contributed by atoms with E-state index in [2.05, 4.69) is 33.9 Å². The molecule has 3 rings (SSSR count). The smallest absolute Gasteiger partial charge is 0.313 e. The lowest BCUT2D eigenvalue weighted by atomic mass is 9.62. The lowest BCUT2D eigenvalue weighted by Crippen LogP contribution is -2.63. The van der Waals surface area contributed by atoms with Gasteiger partial charge in [-0.2, -0.15) is 0 Å². The quantitative estimate of drug-likeness (QED) is 0.281. The molecule has 1 spiro atoms. The monoisotopic (exact) mass is 560 g/mol. The number of nitrogens with zero attached hydrogens (tertiary/aromatic N) is 2. The van der Waals surface area contributed by atoms with Gasteiger partial charge in [0.05, 0.1) is 24.2 Å². The highest BCUT2D eigenvalue weighted by atomic mass is 16.6. The number of hydrogen-bond acceptors (Lipinski definition) is 6. The first-order valence-electron chi connectivity index (χ1n) is 14.8. The second-order valence-corrected chi connectivity index (χ2v) is 14.3. The molecule has 0 aliphatic carbocycles. The SMILES string of the molecule is C=CCOC(=O)[C@@H]1[C@H]2C(=O)N([C@@H](CO)[C@@H](C)CC)C(C(=O)N(CC=C)C(C)(C)CC(C)(C)C)C23CC(C)[C@@]1(C)O3. The number of carbonyl (C=O) groups excluding carboxylic acids is 3. The van der Waals surface area contributed by atoms with Crippen LogP contribution in [0.3, 0.4) is 0 Å². The van der Waals surface area contributed by atoms with E-state index in [0.29, 0.717) is 19.4 Å². The summed E-state index contributed by atoms with van der Waals surface area (Å²) >= 11 is 0. The Morgan fingerprint density at radius 3 is 2.38 bits per heavy atom. The van der Waals surface area contributed by atoms with Crippen LogP contribution in [0.1, 0.15) is 81.6 Å². The Labute approximate surface area is 241 Å². The van der Waals surface area contributed by atoms with Crippen molar-refractivity contribution in [1.82, 2.24) is 9.80 Å². The summed E-state index contributed by atoms with van der Waals surface area (Å²) in [6.45, 7) is 26.0. The third kappa shape index (κ3) is 5.15. The molecule has 3 saturated heterocycles. The molecule has 0 aromatic heterocycles. The Balaban J connectivity index is 2.23. The predicted molar refractivity (Wildman–Crippen MR) is 155 cm³/mol. The van der Waals surface area contributed by atoms with Gasteiger partial charge in [-0.05, 0) is 50.9 Å². The minimum atomic E-state index is -1.21. The van der Waals surface area contributed by atoms with E-state index >= 15 is 0 Å². The Morgan fingerprint density at radius 1 is 1.25 bits per heavy atom. The first-order chi connectivity index (χ1) is 18.5. The van der Waals surface area contributed by atoms with Gasteiger partial charge in [0.25, 0.3) is 0 Å². The van der Waals surface area contributed by atoms with Crippen molar-refractivity contribution in [2.75, 3.05) is 19.8 Å². The van der Waals surface area contributed by atoms with Crippen LogP contribution in [0.2, 0.25) is 0 Å². The number of ether oxygens (including phenoxy) is 2. The fourth-order valence-corrected chi connectivity index (χ4v) is 8.02. The average Bonchev–Trinajstić information content (AvgIpc) is 3.36. The zero-order valence-corrected chi connectivity index (χ0v) is 26.2. The maximum atomic E-state index is 14.9. The number of fused-ring (bicyclic) bond motifs is 1. The molecular weight excluding hydrogens is 508 g/mol. The maximum Gasteiger partial charge on any atom is 0.313 e. The van der Waals surface area contributed by atoms with Crippen molar-refractivity contribution in [1.29, 1.82) is 0 Å². The van der Waals surface area contributed by atoms with Gasteiger partial charge in [0.2, 0.25) is 11.8 Å². The Bertz CT molecular complexity index is 1020. The zero-order chi connectivity index (χ0) is 30.4. The number of amides is 2. The van der Waals surface area contributed by atoms with E-state index in [1.54, 1.807) is 11.0 Å². The van der Waals surface area contributed by atoms with Crippen LogP contribution in [0.4, 0.5) is 0 Å². The number of aliphatic hydroxyl groups excluding tert-OH is 1. The third-order valence-corrected chi connectivity index (χ3v) is 9.70. The topological polar surface area (TPSA) is 96.4 Å². The normalized spacial score (nSPS) is 33.0. The van der Waals surface area contributed by atoms with E-state index in [-0.39, 0.29) is 42.3 Å². The number of esters is 1. The van der Waals surface area contributed by atoms with Crippen LogP contribution in [0.25, 0.3) is 0 Å². The van der Waals surface area contributed by atoms with Gasteiger partial charge >= 0.3 is 5.97 Å². The second kappa shape index (κ2) is 11.2. The maximum absolute atomic E-state index is 14.9. The van der Waals surface area contributed by atoms with Gasteiger partial charge in [-0.15, -0.1) is 6.58 Å². The van der Waals surface area contributed by atoms with Crippen molar-refractivity contribution in [3.8, 4) is 0 Å². The zero-order valence-electron chi connectivity index (χ0n) is 26.2. The van der Waals surface area contributed by atoms with Crippen molar-refractivity contribution in [3.05, 3.63) is 25.3 Å². The van der Waals surface area contributed by atoms with Gasteiger partial charge in [0.15, 0.2) is 0 Å². The Morgan fingerprint density at radius 2 is 1.88 bits per heavy atom. The minimum absolute atomic E-state index is 0.0278. The minimum Gasteiger partial charge on any atom is -0.461 e. The average molecular weight is 561 g/mol. The lowest BCUT2D eigenvalue weighted by molar-refractivity contribution is -0.165. The highest BCUT2D eigenvalue weighted by Crippen LogP contribution is 2.66. The number of hydrogen-bond donors (Lipinski definition) is 1. The molecule has 3 aliphatic rings. The summed E-state index contributed by atoms with van der Waals surface area (Å²) in [6.07, 6.45) is 5.09. The first-order valence-corrected chi connectivity index (χ1v) is 14.8. The van der Waals surface area contributed by atoms with E-state index in [9.17, 15) is 19.5 Å². The van der Waals surface area contributed by atoms with Crippen molar-refractivity contribution in [2.24, 2.45) is 29.1 Å². The summed E-state index contributed by atoms with van der Waals surface area (Å²) in [6, 6.07) is -1.59. The molecule has 0 radical (unpaired) electrons. The van der Waals surface area contributed by atoms with Gasteiger partial charge in [0.1, 0.15) is 24.2 Å². The fourth-order valence-electron chi connectivity index (χ4n) is 8.02. The van der Waals surface area contributed by atoms with Gasteiger partial charge in [0, 0.05) is 12.1 Å². The van der Waals surface area contributed by atoms with E-state index < -0.39 is 46.6 Å². The molecule has 3 aliphatic heterocycles. The third-order valence-electron chi connectivity index (χ3n) is 9.70. The molecule has 0 saturated carbocycles. The molecule has 8 nitrogen and oxygen atoms in total. The van der Waals surface area contributed by atoms with Crippen LogP contribution in [0.15, 0.2) is 25.3 Å². The molecule has 2 amide bonds. The number of carbonyl (C=O) groups is 3. The van der Waals surface area contributed by atoms with Crippen LogP contribution in [-0.4, -0.2) is 81.3 Å². The van der Waals surface area contributed by atoms with E-state index in [1.807, 2.05) is 46.4 Å². The molecule has 1 N–H and O–H groups in total. The number of aliphatic hydroxyl groups is 1. The van der Waals surface area contributed by atoms with Crippen LogP contribution < -0.4 is 0 Å². The molecule has 3 heterocycles. The van der Waals surface area contributed by atoms with E-state index in [1.165, 1.54) is 6.08 Å². The van der Waals surface area contributed by atoms with Gasteiger partial charge in [-0.1, -0.05) is 66.7 Å². The molecule has 40 heavy (non-hydrogen) atoms. The summed E-state index contributed by atoms with van der Waals surface area (Å²) in [5.74, 6) is -2.98. The second-order valence-electron chi connectivity index (χ2n) is 14.3.